The minimum atomic E-state index is 0.228. The number of hydrogen-bond donors (Lipinski definition) is 2. The summed E-state index contributed by atoms with van der Waals surface area (Å²) in [5, 5.41) is 16.6. The standard InChI is InChI=1S/C17H32N6/c1-12(2)16(19-14-10-8-13(18)9-11-14)17-20-21-22-23(17)15-6-4-3-5-7-15/h12-16,19H,3-11,18H2,1-2H3. The van der Waals surface area contributed by atoms with Gasteiger partial charge in [-0.25, -0.2) is 4.68 Å². The van der Waals surface area contributed by atoms with Gasteiger partial charge in [0.15, 0.2) is 5.82 Å². The van der Waals surface area contributed by atoms with Crippen LogP contribution in [0.3, 0.4) is 0 Å². The van der Waals surface area contributed by atoms with Crippen LogP contribution in [0, 0.1) is 5.92 Å². The molecule has 2 saturated carbocycles. The van der Waals surface area contributed by atoms with Gasteiger partial charge in [0.2, 0.25) is 0 Å². The van der Waals surface area contributed by atoms with Crippen LogP contribution in [0.25, 0.3) is 0 Å². The van der Waals surface area contributed by atoms with Gasteiger partial charge in [0.25, 0.3) is 0 Å². The lowest BCUT2D eigenvalue weighted by atomic mass is 9.90. The molecule has 0 saturated heterocycles. The van der Waals surface area contributed by atoms with Gasteiger partial charge in [0.1, 0.15) is 0 Å². The Morgan fingerprint density at radius 1 is 1.04 bits per heavy atom. The highest BCUT2D eigenvalue weighted by atomic mass is 15.6. The minimum Gasteiger partial charge on any atom is -0.328 e. The topological polar surface area (TPSA) is 81.7 Å². The van der Waals surface area contributed by atoms with Gasteiger partial charge >= 0.3 is 0 Å². The van der Waals surface area contributed by atoms with Crippen LogP contribution in [0.4, 0.5) is 0 Å². The zero-order valence-corrected chi connectivity index (χ0v) is 14.6. The average Bonchev–Trinajstić information content (AvgIpc) is 3.04. The van der Waals surface area contributed by atoms with E-state index in [0.29, 0.717) is 24.0 Å². The van der Waals surface area contributed by atoms with E-state index < -0.39 is 0 Å². The van der Waals surface area contributed by atoms with Crippen LogP contribution >= 0.6 is 0 Å². The zero-order chi connectivity index (χ0) is 16.2. The van der Waals surface area contributed by atoms with Crippen molar-refractivity contribution in [1.29, 1.82) is 0 Å². The monoisotopic (exact) mass is 320 g/mol. The Labute approximate surface area is 139 Å². The fourth-order valence-electron chi connectivity index (χ4n) is 4.10. The summed E-state index contributed by atoms with van der Waals surface area (Å²) >= 11 is 0. The molecule has 3 N–H and O–H groups in total. The minimum absolute atomic E-state index is 0.228. The maximum atomic E-state index is 6.04. The first-order valence-electron chi connectivity index (χ1n) is 9.44. The van der Waals surface area contributed by atoms with E-state index in [9.17, 15) is 0 Å². The van der Waals surface area contributed by atoms with Crippen LogP contribution < -0.4 is 11.1 Å². The van der Waals surface area contributed by atoms with E-state index in [1.807, 2.05) is 0 Å². The van der Waals surface area contributed by atoms with Gasteiger partial charge in [-0.15, -0.1) is 5.10 Å². The number of nitrogens with two attached hydrogens (primary N) is 1. The van der Waals surface area contributed by atoms with Crippen molar-refractivity contribution >= 4 is 0 Å². The van der Waals surface area contributed by atoms with Crippen molar-refractivity contribution in [2.45, 2.75) is 95.8 Å². The fourth-order valence-corrected chi connectivity index (χ4v) is 4.10. The molecule has 0 aliphatic heterocycles. The molecule has 1 unspecified atom stereocenters. The smallest absolute Gasteiger partial charge is 0.168 e. The molecule has 2 fully saturated rings. The zero-order valence-electron chi connectivity index (χ0n) is 14.6. The van der Waals surface area contributed by atoms with Crippen LogP contribution in [-0.2, 0) is 0 Å². The molecule has 1 aromatic rings. The summed E-state index contributed by atoms with van der Waals surface area (Å²) in [5.74, 6) is 1.50. The summed E-state index contributed by atoms with van der Waals surface area (Å²) in [4.78, 5) is 0. The third-order valence-corrected chi connectivity index (χ3v) is 5.57. The highest BCUT2D eigenvalue weighted by Crippen LogP contribution is 2.31. The summed E-state index contributed by atoms with van der Waals surface area (Å²) in [6.45, 7) is 4.51. The molecular weight excluding hydrogens is 288 g/mol. The van der Waals surface area contributed by atoms with E-state index in [1.165, 1.54) is 32.1 Å². The molecule has 2 aliphatic rings. The number of tetrazole rings is 1. The Kier molecular flexibility index (Phi) is 5.64. The van der Waals surface area contributed by atoms with Crippen molar-refractivity contribution < 1.29 is 0 Å². The van der Waals surface area contributed by atoms with Gasteiger partial charge in [0.05, 0.1) is 12.1 Å². The molecule has 23 heavy (non-hydrogen) atoms. The van der Waals surface area contributed by atoms with Gasteiger partial charge in [-0.1, -0.05) is 33.1 Å². The molecule has 6 heteroatoms. The average molecular weight is 320 g/mol. The first-order chi connectivity index (χ1) is 11.1. The predicted octanol–water partition coefficient (Wildman–Crippen LogP) is 2.73. The van der Waals surface area contributed by atoms with Crippen molar-refractivity contribution in [1.82, 2.24) is 25.5 Å². The van der Waals surface area contributed by atoms with Crippen molar-refractivity contribution in [3.63, 3.8) is 0 Å². The lowest BCUT2D eigenvalue weighted by Gasteiger charge is -2.33. The van der Waals surface area contributed by atoms with Crippen LogP contribution in [0.2, 0.25) is 0 Å². The second kappa shape index (κ2) is 7.71. The third-order valence-electron chi connectivity index (χ3n) is 5.57. The van der Waals surface area contributed by atoms with Gasteiger partial charge in [-0.3, -0.25) is 0 Å². The largest absolute Gasteiger partial charge is 0.328 e. The highest BCUT2D eigenvalue weighted by molar-refractivity contribution is 4.98. The summed E-state index contributed by atoms with van der Waals surface area (Å²) in [7, 11) is 0. The number of hydrogen-bond acceptors (Lipinski definition) is 5. The summed E-state index contributed by atoms with van der Waals surface area (Å²) in [6.07, 6.45) is 10.9. The molecule has 3 rings (SSSR count). The fraction of sp³-hybridized carbons (Fsp3) is 0.941. The van der Waals surface area contributed by atoms with Gasteiger partial charge in [-0.05, 0) is 54.9 Å². The molecule has 130 valence electrons. The van der Waals surface area contributed by atoms with Gasteiger partial charge in [0, 0.05) is 12.1 Å². The molecule has 1 aromatic heterocycles. The van der Waals surface area contributed by atoms with Gasteiger partial charge < -0.3 is 11.1 Å². The van der Waals surface area contributed by atoms with Gasteiger partial charge in [-0.2, -0.15) is 0 Å². The van der Waals surface area contributed by atoms with E-state index >= 15 is 0 Å². The number of rotatable bonds is 5. The molecule has 0 amide bonds. The quantitative estimate of drug-likeness (QED) is 0.872. The predicted molar refractivity (Wildman–Crippen MR) is 90.9 cm³/mol. The molecule has 0 spiro atoms. The van der Waals surface area contributed by atoms with Crippen molar-refractivity contribution in [2.75, 3.05) is 0 Å². The van der Waals surface area contributed by atoms with E-state index in [2.05, 4.69) is 39.4 Å². The third kappa shape index (κ3) is 4.10. The SMILES string of the molecule is CC(C)C(NC1CCC(N)CC1)c1nnnn1C1CCCCC1. The number of nitrogens with zero attached hydrogens (tertiary/aromatic N) is 4. The normalized spacial score (nSPS) is 28.2. The molecule has 0 aromatic carbocycles. The van der Waals surface area contributed by atoms with E-state index in [-0.39, 0.29) is 6.04 Å². The van der Waals surface area contributed by atoms with Crippen LogP contribution in [-0.4, -0.2) is 32.3 Å². The molecule has 0 radical (unpaired) electrons. The highest BCUT2D eigenvalue weighted by Gasteiger charge is 2.30. The van der Waals surface area contributed by atoms with E-state index in [1.54, 1.807) is 0 Å². The van der Waals surface area contributed by atoms with E-state index in [0.717, 1.165) is 31.5 Å². The Balaban J connectivity index is 1.72. The van der Waals surface area contributed by atoms with Crippen LogP contribution in [0.1, 0.15) is 89.5 Å². The molecule has 1 heterocycles. The maximum Gasteiger partial charge on any atom is 0.168 e. The first-order valence-corrected chi connectivity index (χ1v) is 9.44. The van der Waals surface area contributed by atoms with E-state index in [4.69, 9.17) is 5.73 Å². The molecule has 1 atom stereocenters. The second-order valence-electron chi connectivity index (χ2n) is 7.77. The molecule has 2 aliphatic carbocycles. The first kappa shape index (κ1) is 16.8. The Morgan fingerprint density at radius 2 is 1.74 bits per heavy atom. The lowest BCUT2D eigenvalue weighted by molar-refractivity contribution is 0.256. The molecule has 6 nitrogen and oxygen atoms in total. The maximum absolute atomic E-state index is 6.04. The Bertz CT molecular complexity index is 471. The van der Waals surface area contributed by atoms with Crippen molar-refractivity contribution in [3.8, 4) is 0 Å². The van der Waals surface area contributed by atoms with Crippen molar-refractivity contribution in [2.24, 2.45) is 11.7 Å². The summed E-state index contributed by atoms with van der Waals surface area (Å²) < 4.78 is 2.12. The molecule has 0 bridgehead atoms. The lowest BCUT2D eigenvalue weighted by Crippen LogP contribution is -2.41. The Morgan fingerprint density at radius 3 is 2.39 bits per heavy atom. The van der Waals surface area contributed by atoms with Crippen LogP contribution in [0.5, 0.6) is 0 Å². The number of aromatic nitrogens is 4. The second-order valence-corrected chi connectivity index (χ2v) is 7.77. The number of nitrogens with one attached hydrogen (secondary N) is 1. The van der Waals surface area contributed by atoms with Crippen molar-refractivity contribution in [3.05, 3.63) is 5.82 Å². The summed E-state index contributed by atoms with van der Waals surface area (Å²) in [5.41, 5.74) is 6.04. The summed E-state index contributed by atoms with van der Waals surface area (Å²) in [6, 6.07) is 1.64. The van der Waals surface area contributed by atoms with Crippen LogP contribution in [0.15, 0.2) is 0 Å². The Hall–Kier alpha value is -1.01. The molecular formula is C17H32N6.